The quantitative estimate of drug-likeness (QED) is 0.712. The molecule has 0 unspecified atom stereocenters. The number of rotatable bonds is 2. The SMILES string of the molecule is O=C(Nc1c[nH]c2ccccc2c1=O)N1CCN(c2cccc(Cl)c2)CC1. The summed E-state index contributed by atoms with van der Waals surface area (Å²) >= 11 is 6.06. The Bertz CT molecular complexity index is 1040. The second-order valence-corrected chi connectivity index (χ2v) is 6.90. The lowest BCUT2D eigenvalue weighted by Gasteiger charge is -2.36. The Balaban J connectivity index is 1.43. The second kappa shape index (κ2) is 7.32. The zero-order valence-electron chi connectivity index (χ0n) is 14.6. The summed E-state index contributed by atoms with van der Waals surface area (Å²) in [5.41, 5.74) is 1.87. The van der Waals surface area contributed by atoms with E-state index in [1.165, 1.54) is 0 Å². The van der Waals surface area contributed by atoms with E-state index in [1.807, 2.05) is 36.4 Å². The Morgan fingerprint density at radius 2 is 1.81 bits per heavy atom. The van der Waals surface area contributed by atoms with Crippen molar-refractivity contribution in [3.05, 3.63) is 70.0 Å². The molecule has 6 nitrogen and oxygen atoms in total. The highest BCUT2D eigenvalue weighted by Gasteiger charge is 2.22. The van der Waals surface area contributed by atoms with Crippen molar-refractivity contribution >= 4 is 39.9 Å². The van der Waals surface area contributed by atoms with Crippen LogP contribution < -0.4 is 15.6 Å². The van der Waals surface area contributed by atoms with Gasteiger partial charge in [-0.25, -0.2) is 4.79 Å². The van der Waals surface area contributed by atoms with Crippen molar-refractivity contribution in [3.63, 3.8) is 0 Å². The number of halogens is 1. The highest BCUT2D eigenvalue weighted by atomic mass is 35.5. The van der Waals surface area contributed by atoms with E-state index < -0.39 is 0 Å². The minimum atomic E-state index is -0.262. The summed E-state index contributed by atoms with van der Waals surface area (Å²) < 4.78 is 0. The van der Waals surface area contributed by atoms with Gasteiger partial charge in [0.2, 0.25) is 5.43 Å². The number of urea groups is 1. The van der Waals surface area contributed by atoms with Crippen molar-refractivity contribution in [2.45, 2.75) is 0 Å². The zero-order chi connectivity index (χ0) is 18.8. The molecule has 1 aromatic heterocycles. The number of carbonyl (C=O) groups excluding carboxylic acids is 1. The van der Waals surface area contributed by atoms with E-state index >= 15 is 0 Å². The zero-order valence-corrected chi connectivity index (χ0v) is 15.4. The molecule has 1 fully saturated rings. The number of nitrogens with zero attached hydrogens (tertiary/aromatic N) is 2. The Hall–Kier alpha value is -2.99. The molecule has 1 saturated heterocycles. The summed E-state index contributed by atoms with van der Waals surface area (Å²) in [5, 5.41) is 3.99. The Morgan fingerprint density at radius 1 is 1.04 bits per heavy atom. The molecule has 0 spiro atoms. The number of anilines is 2. The molecule has 1 aliphatic rings. The van der Waals surface area contributed by atoms with Crippen molar-refractivity contribution in [1.29, 1.82) is 0 Å². The lowest BCUT2D eigenvalue weighted by Crippen LogP contribution is -2.50. The predicted octanol–water partition coefficient (Wildman–Crippen LogP) is 3.54. The molecule has 0 radical (unpaired) electrons. The van der Waals surface area contributed by atoms with Gasteiger partial charge in [-0.3, -0.25) is 4.79 Å². The maximum atomic E-state index is 12.6. The van der Waals surface area contributed by atoms with Crippen molar-refractivity contribution < 1.29 is 4.79 Å². The normalized spacial score (nSPS) is 14.4. The molecule has 0 saturated carbocycles. The first kappa shape index (κ1) is 17.4. The third kappa shape index (κ3) is 3.61. The van der Waals surface area contributed by atoms with Gasteiger partial charge in [0.05, 0.1) is 0 Å². The lowest BCUT2D eigenvalue weighted by molar-refractivity contribution is 0.208. The maximum Gasteiger partial charge on any atom is 0.322 e. The molecule has 27 heavy (non-hydrogen) atoms. The molecule has 2 N–H and O–H groups in total. The first-order chi connectivity index (χ1) is 13.1. The number of carbonyl (C=O) groups is 1. The fourth-order valence-corrected chi connectivity index (χ4v) is 3.48. The van der Waals surface area contributed by atoms with Crippen LogP contribution in [-0.2, 0) is 0 Å². The molecule has 0 atom stereocenters. The Morgan fingerprint density at radius 3 is 2.59 bits per heavy atom. The molecular weight excluding hydrogens is 364 g/mol. The summed E-state index contributed by atoms with van der Waals surface area (Å²) in [6, 6.07) is 14.7. The number of nitrogens with one attached hydrogen (secondary N) is 2. The van der Waals surface area contributed by atoms with Crippen LogP contribution in [0.25, 0.3) is 10.9 Å². The van der Waals surface area contributed by atoms with Gasteiger partial charge in [0, 0.05) is 54.0 Å². The van der Waals surface area contributed by atoms with E-state index in [2.05, 4.69) is 15.2 Å². The van der Waals surface area contributed by atoms with E-state index in [4.69, 9.17) is 11.6 Å². The third-order valence-electron chi connectivity index (χ3n) is 4.77. The number of aromatic nitrogens is 1. The summed E-state index contributed by atoms with van der Waals surface area (Å²) in [6.07, 6.45) is 1.55. The monoisotopic (exact) mass is 382 g/mol. The molecule has 3 aromatic rings. The number of hydrogen-bond acceptors (Lipinski definition) is 3. The second-order valence-electron chi connectivity index (χ2n) is 6.46. The van der Waals surface area contributed by atoms with Crippen LogP contribution in [0, 0.1) is 0 Å². The average molecular weight is 383 g/mol. The Kier molecular flexibility index (Phi) is 4.73. The van der Waals surface area contributed by atoms with Gasteiger partial charge < -0.3 is 20.1 Å². The standard InChI is InChI=1S/C20H19ClN4O2/c21-14-4-3-5-15(12-14)24-8-10-25(11-9-24)20(27)23-18-13-22-17-7-2-1-6-16(17)19(18)26/h1-7,12-13H,8-11H2,(H,22,26)(H,23,27). The largest absolute Gasteiger partial charge is 0.368 e. The molecule has 1 aliphatic heterocycles. The van der Waals surface area contributed by atoms with Crippen LogP contribution in [0.1, 0.15) is 0 Å². The van der Waals surface area contributed by atoms with E-state index in [-0.39, 0.29) is 17.1 Å². The van der Waals surface area contributed by atoms with Crippen LogP contribution in [0.3, 0.4) is 0 Å². The molecule has 2 amide bonds. The van der Waals surface area contributed by atoms with Gasteiger partial charge in [0.15, 0.2) is 0 Å². The van der Waals surface area contributed by atoms with Gasteiger partial charge in [-0.2, -0.15) is 0 Å². The number of piperazine rings is 1. The van der Waals surface area contributed by atoms with E-state index in [9.17, 15) is 9.59 Å². The highest BCUT2D eigenvalue weighted by Crippen LogP contribution is 2.21. The minimum absolute atomic E-state index is 0.185. The van der Waals surface area contributed by atoms with Gasteiger partial charge in [-0.05, 0) is 30.3 Å². The predicted molar refractivity (Wildman–Crippen MR) is 109 cm³/mol. The van der Waals surface area contributed by atoms with Crippen LogP contribution >= 0.6 is 11.6 Å². The van der Waals surface area contributed by atoms with Gasteiger partial charge in [-0.1, -0.05) is 29.8 Å². The maximum absolute atomic E-state index is 12.6. The summed E-state index contributed by atoms with van der Waals surface area (Å²) in [7, 11) is 0. The fourth-order valence-electron chi connectivity index (χ4n) is 3.30. The molecule has 0 aliphatic carbocycles. The summed E-state index contributed by atoms with van der Waals surface area (Å²) in [6.45, 7) is 2.57. The third-order valence-corrected chi connectivity index (χ3v) is 5.01. The van der Waals surface area contributed by atoms with Crippen LogP contribution in [0.15, 0.2) is 59.5 Å². The number of benzene rings is 2. The van der Waals surface area contributed by atoms with E-state index in [0.717, 1.165) is 11.2 Å². The van der Waals surface area contributed by atoms with E-state index in [0.29, 0.717) is 36.6 Å². The number of aromatic amines is 1. The first-order valence-electron chi connectivity index (χ1n) is 8.79. The molecule has 7 heteroatoms. The number of hydrogen-bond donors (Lipinski definition) is 2. The van der Waals surface area contributed by atoms with Gasteiger partial charge in [0.25, 0.3) is 0 Å². The highest BCUT2D eigenvalue weighted by molar-refractivity contribution is 6.30. The lowest BCUT2D eigenvalue weighted by atomic mass is 10.2. The van der Waals surface area contributed by atoms with Crippen molar-refractivity contribution in [2.24, 2.45) is 0 Å². The van der Waals surface area contributed by atoms with Gasteiger partial charge in [-0.15, -0.1) is 0 Å². The van der Waals surface area contributed by atoms with Crippen molar-refractivity contribution in [1.82, 2.24) is 9.88 Å². The van der Waals surface area contributed by atoms with Crippen LogP contribution in [0.5, 0.6) is 0 Å². The van der Waals surface area contributed by atoms with Gasteiger partial charge in [0.1, 0.15) is 5.69 Å². The molecular formula is C20H19ClN4O2. The first-order valence-corrected chi connectivity index (χ1v) is 9.16. The summed E-state index contributed by atoms with van der Waals surface area (Å²) in [5.74, 6) is 0. The number of amides is 2. The van der Waals surface area contributed by atoms with E-state index in [1.54, 1.807) is 23.2 Å². The molecule has 0 bridgehead atoms. The molecule has 138 valence electrons. The fraction of sp³-hybridized carbons (Fsp3) is 0.200. The topological polar surface area (TPSA) is 68.4 Å². The molecule has 2 heterocycles. The van der Waals surface area contributed by atoms with Crippen LogP contribution in [0.4, 0.5) is 16.2 Å². The van der Waals surface area contributed by atoms with Crippen molar-refractivity contribution in [2.75, 3.05) is 36.4 Å². The number of fused-ring (bicyclic) bond motifs is 1. The van der Waals surface area contributed by atoms with Crippen LogP contribution in [-0.4, -0.2) is 42.1 Å². The minimum Gasteiger partial charge on any atom is -0.368 e. The van der Waals surface area contributed by atoms with Crippen LogP contribution in [0.2, 0.25) is 5.02 Å². The Labute approximate surface area is 161 Å². The average Bonchev–Trinajstić information content (AvgIpc) is 2.70. The number of pyridine rings is 1. The smallest absolute Gasteiger partial charge is 0.322 e. The number of para-hydroxylation sites is 1. The molecule has 4 rings (SSSR count). The van der Waals surface area contributed by atoms with Crippen molar-refractivity contribution in [3.8, 4) is 0 Å². The number of H-pyrrole nitrogens is 1. The van der Waals surface area contributed by atoms with Gasteiger partial charge >= 0.3 is 6.03 Å². The molecule has 2 aromatic carbocycles. The summed E-state index contributed by atoms with van der Waals surface area (Å²) in [4.78, 5) is 32.1.